The first-order valence-electron chi connectivity index (χ1n) is 13.5. The smallest absolute Gasteiger partial charge is 0.119 e. The SMILES string of the molecule is CCCCCC1CCCCC1CCCOc1ccc(C2CCC(CCC)CC2)cc1. The molecular weight excluding hydrogens is 364 g/mol. The van der Waals surface area contributed by atoms with Gasteiger partial charge in [0.1, 0.15) is 5.75 Å². The van der Waals surface area contributed by atoms with E-state index >= 15 is 0 Å². The van der Waals surface area contributed by atoms with Crippen molar-refractivity contribution in [3.63, 3.8) is 0 Å². The highest BCUT2D eigenvalue weighted by molar-refractivity contribution is 5.29. The molecule has 2 aliphatic rings. The molecule has 0 N–H and O–H groups in total. The summed E-state index contributed by atoms with van der Waals surface area (Å²) in [4.78, 5) is 0. The minimum atomic E-state index is 0.781. The quantitative estimate of drug-likeness (QED) is 0.311. The van der Waals surface area contributed by atoms with Crippen LogP contribution in [0.1, 0.15) is 128 Å². The van der Waals surface area contributed by atoms with E-state index in [1.807, 2.05) is 0 Å². The second kappa shape index (κ2) is 13.4. The van der Waals surface area contributed by atoms with Crippen LogP contribution in [0.25, 0.3) is 0 Å². The van der Waals surface area contributed by atoms with Crippen molar-refractivity contribution in [2.45, 2.75) is 122 Å². The molecule has 170 valence electrons. The van der Waals surface area contributed by atoms with Crippen LogP contribution in [0.4, 0.5) is 0 Å². The fraction of sp³-hybridized carbons (Fsp3) is 0.793. The second-order valence-corrected chi connectivity index (χ2v) is 10.4. The zero-order valence-electron chi connectivity index (χ0n) is 20.0. The Hall–Kier alpha value is -0.980. The van der Waals surface area contributed by atoms with Gasteiger partial charge in [0, 0.05) is 0 Å². The Balaban J connectivity index is 1.35. The van der Waals surface area contributed by atoms with E-state index in [4.69, 9.17) is 4.74 Å². The number of hydrogen-bond donors (Lipinski definition) is 0. The highest BCUT2D eigenvalue weighted by atomic mass is 16.5. The van der Waals surface area contributed by atoms with Crippen molar-refractivity contribution in [3.05, 3.63) is 29.8 Å². The Labute approximate surface area is 187 Å². The van der Waals surface area contributed by atoms with E-state index in [2.05, 4.69) is 38.1 Å². The molecule has 0 spiro atoms. The molecule has 1 heteroatoms. The van der Waals surface area contributed by atoms with E-state index in [9.17, 15) is 0 Å². The van der Waals surface area contributed by atoms with Gasteiger partial charge >= 0.3 is 0 Å². The van der Waals surface area contributed by atoms with Gasteiger partial charge in [-0.1, -0.05) is 90.2 Å². The molecule has 0 radical (unpaired) electrons. The summed E-state index contributed by atoms with van der Waals surface area (Å²) >= 11 is 0. The van der Waals surface area contributed by atoms with Crippen LogP contribution in [0.2, 0.25) is 0 Å². The molecule has 0 saturated heterocycles. The van der Waals surface area contributed by atoms with Crippen LogP contribution in [0.5, 0.6) is 5.75 Å². The van der Waals surface area contributed by atoms with Crippen LogP contribution in [0.3, 0.4) is 0 Å². The molecule has 3 rings (SSSR count). The molecule has 0 aliphatic heterocycles. The lowest BCUT2D eigenvalue weighted by molar-refractivity contribution is 0.190. The van der Waals surface area contributed by atoms with E-state index in [0.29, 0.717) is 0 Å². The highest BCUT2D eigenvalue weighted by Crippen LogP contribution is 2.38. The van der Waals surface area contributed by atoms with Crippen LogP contribution in [-0.2, 0) is 0 Å². The van der Waals surface area contributed by atoms with Crippen molar-refractivity contribution in [2.75, 3.05) is 6.61 Å². The van der Waals surface area contributed by atoms with Crippen molar-refractivity contribution < 1.29 is 4.74 Å². The molecule has 0 bridgehead atoms. The van der Waals surface area contributed by atoms with Crippen LogP contribution < -0.4 is 4.74 Å². The van der Waals surface area contributed by atoms with Gasteiger partial charge < -0.3 is 4.74 Å². The Morgan fingerprint density at radius 3 is 2.00 bits per heavy atom. The summed E-state index contributed by atoms with van der Waals surface area (Å²) in [6.45, 7) is 5.53. The summed E-state index contributed by atoms with van der Waals surface area (Å²) in [5.74, 6) is 4.80. The van der Waals surface area contributed by atoms with Crippen LogP contribution in [0, 0.1) is 17.8 Å². The molecule has 2 aliphatic carbocycles. The van der Waals surface area contributed by atoms with Gasteiger partial charge in [-0.05, 0) is 79.9 Å². The van der Waals surface area contributed by atoms with Crippen molar-refractivity contribution in [1.82, 2.24) is 0 Å². The van der Waals surface area contributed by atoms with E-state index < -0.39 is 0 Å². The first-order valence-corrected chi connectivity index (χ1v) is 13.5. The molecule has 2 unspecified atom stereocenters. The number of unbranched alkanes of at least 4 members (excludes halogenated alkanes) is 2. The van der Waals surface area contributed by atoms with Gasteiger partial charge in [0.25, 0.3) is 0 Å². The molecule has 1 aromatic carbocycles. The summed E-state index contributed by atoms with van der Waals surface area (Å²) in [5.41, 5.74) is 1.54. The summed E-state index contributed by atoms with van der Waals surface area (Å²) in [7, 11) is 0. The first-order chi connectivity index (χ1) is 14.8. The van der Waals surface area contributed by atoms with Crippen molar-refractivity contribution in [2.24, 2.45) is 17.8 Å². The largest absolute Gasteiger partial charge is 0.494 e. The van der Waals surface area contributed by atoms with E-state index in [-0.39, 0.29) is 0 Å². The fourth-order valence-corrected chi connectivity index (χ4v) is 6.27. The summed E-state index contributed by atoms with van der Waals surface area (Å²) in [6, 6.07) is 9.12. The van der Waals surface area contributed by atoms with Gasteiger partial charge in [-0.2, -0.15) is 0 Å². The normalized spacial score (nSPS) is 27.1. The second-order valence-electron chi connectivity index (χ2n) is 10.4. The summed E-state index contributed by atoms with van der Waals surface area (Å²) < 4.78 is 6.12. The lowest BCUT2D eigenvalue weighted by Crippen LogP contribution is -2.20. The van der Waals surface area contributed by atoms with Gasteiger partial charge in [0.05, 0.1) is 6.61 Å². The molecular formula is C29H48O. The molecule has 2 atom stereocenters. The third-order valence-electron chi connectivity index (χ3n) is 8.13. The van der Waals surface area contributed by atoms with Crippen LogP contribution >= 0.6 is 0 Å². The third kappa shape index (κ3) is 7.61. The van der Waals surface area contributed by atoms with Crippen molar-refractivity contribution in [3.8, 4) is 5.75 Å². The number of rotatable bonds is 12. The van der Waals surface area contributed by atoms with Crippen LogP contribution in [0.15, 0.2) is 24.3 Å². The van der Waals surface area contributed by atoms with Gasteiger partial charge in [0.2, 0.25) is 0 Å². The van der Waals surface area contributed by atoms with Gasteiger partial charge in [-0.3, -0.25) is 0 Å². The maximum atomic E-state index is 6.12. The lowest BCUT2D eigenvalue weighted by Gasteiger charge is -2.31. The number of benzene rings is 1. The average Bonchev–Trinajstić information content (AvgIpc) is 2.79. The van der Waals surface area contributed by atoms with Crippen molar-refractivity contribution >= 4 is 0 Å². The van der Waals surface area contributed by atoms with Gasteiger partial charge in [-0.15, -0.1) is 0 Å². The molecule has 2 fully saturated rings. The molecule has 0 heterocycles. The Kier molecular flexibility index (Phi) is 10.6. The van der Waals surface area contributed by atoms with Crippen LogP contribution in [-0.4, -0.2) is 6.61 Å². The molecule has 30 heavy (non-hydrogen) atoms. The standard InChI is InChI=1S/C29H48O/c1-3-5-6-11-25-12-7-8-13-26(25)14-9-23-30-29-21-19-28(20-22-29)27-17-15-24(10-4-2)16-18-27/h19-22,24-27H,3-18,23H2,1-2H3. The minimum absolute atomic E-state index is 0.781. The van der Waals surface area contributed by atoms with Gasteiger partial charge in [0.15, 0.2) is 0 Å². The molecule has 2 saturated carbocycles. The zero-order valence-corrected chi connectivity index (χ0v) is 20.0. The van der Waals surface area contributed by atoms with E-state index in [0.717, 1.165) is 36.0 Å². The first kappa shape index (κ1) is 23.7. The number of ether oxygens (including phenoxy) is 1. The Bertz CT molecular complexity index is 554. The fourth-order valence-electron chi connectivity index (χ4n) is 6.27. The highest BCUT2D eigenvalue weighted by Gasteiger charge is 2.24. The topological polar surface area (TPSA) is 9.23 Å². The molecule has 1 nitrogen and oxygen atoms in total. The third-order valence-corrected chi connectivity index (χ3v) is 8.13. The maximum absolute atomic E-state index is 6.12. The van der Waals surface area contributed by atoms with Crippen molar-refractivity contribution in [1.29, 1.82) is 0 Å². The minimum Gasteiger partial charge on any atom is -0.494 e. The monoisotopic (exact) mass is 412 g/mol. The predicted molar refractivity (Wildman–Crippen MR) is 130 cm³/mol. The zero-order chi connectivity index (χ0) is 21.0. The van der Waals surface area contributed by atoms with E-state index in [1.54, 1.807) is 0 Å². The molecule has 0 aromatic heterocycles. The summed E-state index contributed by atoms with van der Waals surface area (Å²) in [6.07, 6.45) is 22.5. The average molecular weight is 413 g/mol. The van der Waals surface area contributed by atoms with Gasteiger partial charge in [-0.25, -0.2) is 0 Å². The van der Waals surface area contributed by atoms with E-state index in [1.165, 1.54) is 108 Å². The predicted octanol–water partition coefficient (Wildman–Crippen LogP) is 9.31. The summed E-state index contributed by atoms with van der Waals surface area (Å²) in [5, 5.41) is 0. The maximum Gasteiger partial charge on any atom is 0.119 e. The molecule has 0 amide bonds. The number of hydrogen-bond acceptors (Lipinski definition) is 1. The Morgan fingerprint density at radius 2 is 1.37 bits per heavy atom. The molecule has 1 aromatic rings. The lowest BCUT2D eigenvalue weighted by atomic mass is 9.74. The Morgan fingerprint density at radius 1 is 0.700 bits per heavy atom.